The van der Waals surface area contributed by atoms with Crippen molar-refractivity contribution in [2.24, 2.45) is 0 Å². The fourth-order valence-corrected chi connectivity index (χ4v) is 4.68. The van der Waals surface area contributed by atoms with Crippen molar-refractivity contribution in [1.82, 2.24) is 0 Å². The lowest BCUT2D eigenvalue weighted by Crippen LogP contribution is -2.64. The molecule has 8 N–H and O–H groups in total. The van der Waals surface area contributed by atoms with Gasteiger partial charge in [0, 0.05) is 18.6 Å². The van der Waals surface area contributed by atoms with Gasteiger partial charge in [-0.05, 0) is 18.9 Å². The number of carbonyl (C=O) groups excluding carboxylic acids is 1. The van der Waals surface area contributed by atoms with Gasteiger partial charge in [0.1, 0.15) is 59.4 Å². The summed E-state index contributed by atoms with van der Waals surface area (Å²) in [6, 6.07) is 11.3. The van der Waals surface area contributed by atoms with Crippen molar-refractivity contribution >= 4 is 5.78 Å². The van der Waals surface area contributed by atoms with Crippen LogP contribution >= 0.6 is 0 Å². The molecule has 2 heterocycles. The fourth-order valence-electron chi connectivity index (χ4n) is 4.68. The number of aliphatic hydroxyl groups excluding tert-OH is 6. The van der Waals surface area contributed by atoms with Crippen LogP contribution in [0.1, 0.15) is 29.3 Å². The number of aromatic hydroxyl groups is 2. The average Bonchev–Trinajstić information content (AvgIpc) is 2.93. The Balaban J connectivity index is 1.52. The second-order valence-electron chi connectivity index (χ2n) is 9.85. The predicted octanol–water partition coefficient (Wildman–Crippen LogP) is -1.06. The number of rotatable bonds is 9. The van der Waals surface area contributed by atoms with Crippen LogP contribution in [0.3, 0.4) is 0 Å². The molecule has 2 aromatic rings. The normalized spacial score (nSPS) is 34.4. The smallest absolute Gasteiger partial charge is 0.229 e. The van der Waals surface area contributed by atoms with Crippen LogP contribution in [0.4, 0.5) is 0 Å². The zero-order valence-electron chi connectivity index (χ0n) is 21.6. The van der Waals surface area contributed by atoms with Gasteiger partial charge in [-0.15, -0.1) is 0 Å². The third-order valence-electron chi connectivity index (χ3n) is 7.01. The molecule has 2 aliphatic rings. The van der Waals surface area contributed by atoms with Crippen molar-refractivity contribution in [3.63, 3.8) is 0 Å². The Morgan fingerprint density at radius 1 is 0.850 bits per heavy atom. The zero-order chi connectivity index (χ0) is 29.1. The third-order valence-corrected chi connectivity index (χ3v) is 7.01. The van der Waals surface area contributed by atoms with Gasteiger partial charge >= 0.3 is 0 Å². The Hall–Kier alpha value is -2.85. The standard InChI is InChI=1S/C27H34O13/c1-12-20(32)22(34)24(36)26(37-12)40-25-23(35)21(33)18(11-28)39-27(25)38-14-9-16(30)19(17(31)10-14)15(29)8-7-13-5-3-2-4-6-13/h2-6,9-10,12,18,20-28,30-36H,7-8,11H2,1H3/t12-,18+,20-,21+,22+,23-,24+,25+,26-,27+/m0/s1. The van der Waals surface area contributed by atoms with Crippen LogP contribution in [0, 0.1) is 0 Å². The van der Waals surface area contributed by atoms with Crippen LogP contribution in [0.25, 0.3) is 0 Å². The van der Waals surface area contributed by atoms with Crippen molar-refractivity contribution in [2.75, 3.05) is 6.61 Å². The molecule has 13 heteroatoms. The van der Waals surface area contributed by atoms with Crippen LogP contribution in [0.2, 0.25) is 0 Å². The number of Topliss-reactive ketones (excluding diaryl/α,β-unsaturated/α-hetero) is 1. The lowest BCUT2D eigenvalue weighted by atomic mass is 9.97. The molecule has 0 radical (unpaired) electrons. The number of hydrogen-bond donors (Lipinski definition) is 8. The number of phenols is 2. The highest BCUT2D eigenvalue weighted by Crippen LogP contribution is 2.36. The SMILES string of the molecule is C[C@@H]1O[C@@H](O[C@H]2[C@H](Oc3cc(O)c(C(=O)CCc4ccccc4)c(O)c3)O[C@H](CO)[C@@H](O)[C@@H]2O)[C@H](O)[C@H](O)[C@H]1O. The summed E-state index contributed by atoms with van der Waals surface area (Å²) in [4.78, 5) is 12.7. The number of ether oxygens (including phenoxy) is 4. The highest BCUT2D eigenvalue weighted by molar-refractivity contribution is 6.01. The first-order chi connectivity index (χ1) is 19.0. The second-order valence-corrected chi connectivity index (χ2v) is 9.85. The maximum absolute atomic E-state index is 12.7. The quantitative estimate of drug-likeness (QED) is 0.170. The van der Waals surface area contributed by atoms with Crippen LogP contribution in [-0.2, 0) is 20.6 Å². The fraction of sp³-hybridized carbons (Fsp3) is 0.519. The highest BCUT2D eigenvalue weighted by Gasteiger charge is 2.50. The number of ketones is 1. The maximum Gasteiger partial charge on any atom is 0.229 e. The Bertz CT molecular complexity index is 1120. The van der Waals surface area contributed by atoms with Gasteiger partial charge in [-0.1, -0.05) is 30.3 Å². The molecule has 220 valence electrons. The molecule has 0 amide bonds. The van der Waals surface area contributed by atoms with Gasteiger partial charge in [0.15, 0.2) is 18.2 Å². The van der Waals surface area contributed by atoms with E-state index < -0.39 is 85.3 Å². The van der Waals surface area contributed by atoms with Crippen LogP contribution in [-0.4, -0.2) is 115 Å². The van der Waals surface area contributed by atoms with Crippen molar-refractivity contribution < 1.29 is 64.6 Å². The first-order valence-electron chi connectivity index (χ1n) is 12.8. The monoisotopic (exact) mass is 566 g/mol. The lowest BCUT2D eigenvalue weighted by molar-refractivity contribution is -0.354. The maximum atomic E-state index is 12.7. The molecule has 0 unspecified atom stereocenters. The van der Waals surface area contributed by atoms with Gasteiger partial charge in [-0.3, -0.25) is 4.79 Å². The Morgan fingerprint density at radius 3 is 2.12 bits per heavy atom. The number of carbonyl (C=O) groups is 1. The van der Waals surface area contributed by atoms with Crippen molar-refractivity contribution in [3.8, 4) is 17.2 Å². The summed E-state index contributed by atoms with van der Waals surface area (Å²) >= 11 is 0. The van der Waals surface area contributed by atoms with Gasteiger partial charge in [-0.2, -0.15) is 0 Å². The van der Waals surface area contributed by atoms with E-state index in [-0.39, 0.29) is 17.7 Å². The van der Waals surface area contributed by atoms with Crippen LogP contribution < -0.4 is 4.74 Å². The third kappa shape index (κ3) is 6.38. The molecule has 13 nitrogen and oxygen atoms in total. The first kappa shape index (κ1) is 30.1. The van der Waals surface area contributed by atoms with E-state index in [9.17, 15) is 45.6 Å². The minimum Gasteiger partial charge on any atom is -0.507 e. The number of phenolic OH excluding ortho intramolecular Hbond substituents is 2. The van der Waals surface area contributed by atoms with Crippen LogP contribution in [0.15, 0.2) is 42.5 Å². The molecule has 40 heavy (non-hydrogen) atoms. The summed E-state index contributed by atoms with van der Waals surface area (Å²) in [6.45, 7) is 0.698. The molecule has 2 aliphatic heterocycles. The van der Waals surface area contributed by atoms with E-state index in [1.54, 1.807) is 0 Å². The Labute approximate surface area is 229 Å². The van der Waals surface area contributed by atoms with E-state index in [0.29, 0.717) is 6.42 Å². The summed E-state index contributed by atoms with van der Waals surface area (Å²) in [5.41, 5.74) is 0.586. The molecule has 4 rings (SSSR count). The van der Waals surface area contributed by atoms with Crippen LogP contribution in [0.5, 0.6) is 17.2 Å². The van der Waals surface area contributed by atoms with Gasteiger partial charge in [0.25, 0.3) is 0 Å². The number of hydrogen-bond acceptors (Lipinski definition) is 13. The lowest BCUT2D eigenvalue weighted by Gasteiger charge is -2.45. The Morgan fingerprint density at radius 2 is 1.50 bits per heavy atom. The number of benzene rings is 2. The summed E-state index contributed by atoms with van der Waals surface area (Å²) in [5, 5.41) is 82.1. The molecule has 0 aliphatic carbocycles. The van der Waals surface area contributed by atoms with E-state index in [2.05, 4.69) is 0 Å². The van der Waals surface area contributed by atoms with Gasteiger partial charge in [0.05, 0.1) is 12.7 Å². The largest absolute Gasteiger partial charge is 0.507 e. The topological polar surface area (TPSA) is 216 Å². The molecule has 2 saturated heterocycles. The van der Waals surface area contributed by atoms with E-state index in [1.165, 1.54) is 6.92 Å². The van der Waals surface area contributed by atoms with Gasteiger partial charge in [0.2, 0.25) is 6.29 Å². The molecule has 0 bridgehead atoms. The van der Waals surface area contributed by atoms with Crippen molar-refractivity contribution in [1.29, 1.82) is 0 Å². The van der Waals surface area contributed by atoms with E-state index in [4.69, 9.17) is 18.9 Å². The molecule has 0 spiro atoms. The summed E-state index contributed by atoms with van der Waals surface area (Å²) in [5.74, 6) is -1.91. The molecular weight excluding hydrogens is 532 g/mol. The minimum atomic E-state index is -1.76. The molecule has 2 aromatic carbocycles. The molecule has 10 atom stereocenters. The minimum absolute atomic E-state index is 0.0118. The summed E-state index contributed by atoms with van der Waals surface area (Å²) < 4.78 is 22.3. The average molecular weight is 567 g/mol. The first-order valence-corrected chi connectivity index (χ1v) is 12.8. The van der Waals surface area contributed by atoms with E-state index in [1.807, 2.05) is 30.3 Å². The summed E-state index contributed by atoms with van der Waals surface area (Å²) in [6.07, 6.45) is -14.9. The Kier molecular flexibility index (Phi) is 9.61. The molecule has 0 saturated carbocycles. The van der Waals surface area contributed by atoms with Crippen molar-refractivity contribution in [2.45, 2.75) is 81.2 Å². The van der Waals surface area contributed by atoms with Crippen molar-refractivity contribution in [3.05, 3.63) is 53.6 Å². The van der Waals surface area contributed by atoms with Gasteiger partial charge < -0.3 is 59.8 Å². The van der Waals surface area contributed by atoms with Gasteiger partial charge in [-0.25, -0.2) is 0 Å². The highest BCUT2D eigenvalue weighted by atomic mass is 16.8. The number of aryl methyl sites for hydroxylation is 1. The predicted molar refractivity (Wildman–Crippen MR) is 134 cm³/mol. The molecule has 2 fully saturated rings. The second kappa shape index (κ2) is 12.8. The van der Waals surface area contributed by atoms with E-state index in [0.717, 1.165) is 17.7 Å². The van der Waals surface area contributed by atoms with E-state index >= 15 is 0 Å². The molecule has 0 aromatic heterocycles. The molecular formula is C27H34O13. The summed E-state index contributed by atoms with van der Waals surface area (Å²) in [7, 11) is 0. The number of aliphatic hydroxyl groups is 6. The zero-order valence-corrected chi connectivity index (χ0v) is 21.6.